The number of aryl methyl sites for hydroxylation is 1. The summed E-state index contributed by atoms with van der Waals surface area (Å²) in [7, 11) is 6.82. The number of hydrogen-bond donors (Lipinski definition) is 2. The fourth-order valence-corrected chi connectivity index (χ4v) is 3.12. The third kappa shape index (κ3) is 6.22. The normalized spacial score (nSPS) is 12.6. The first-order chi connectivity index (χ1) is 14.2. The maximum atomic E-state index is 12.8. The Balaban J connectivity index is 1.94. The van der Waals surface area contributed by atoms with Crippen molar-refractivity contribution in [3.63, 3.8) is 0 Å². The van der Waals surface area contributed by atoms with Crippen molar-refractivity contribution in [1.29, 1.82) is 0 Å². The van der Waals surface area contributed by atoms with Gasteiger partial charge in [0, 0.05) is 24.4 Å². The lowest BCUT2D eigenvalue weighted by Crippen LogP contribution is -3.12. The van der Waals surface area contributed by atoms with Gasteiger partial charge in [0.05, 0.1) is 27.8 Å². The maximum absolute atomic E-state index is 12.8. The molecule has 0 heterocycles. The molecule has 0 aliphatic rings. The molecule has 0 aromatic heterocycles. The molecule has 30 heavy (non-hydrogen) atoms. The van der Waals surface area contributed by atoms with Gasteiger partial charge in [0.2, 0.25) is 5.91 Å². The van der Waals surface area contributed by atoms with Crippen molar-refractivity contribution < 1.29 is 24.0 Å². The Kier molecular flexibility index (Phi) is 8.24. The van der Waals surface area contributed by atoms with Gasteiger partial charge in [-0.15, -0.1) is 0 Å². The van der Waals surface area contributed by atoms with E-state index in [1.54, 1.807) is 21.3 Å². The zero-order chi connectivity index (χ0) is 22.3. The molecule has 2 aromatic rings. The first kappa shape index (κ1) is 23.2. The van der Waals surface area contributed by atoms with E-state index < -0.39 is 0 Å². The van der Waals surface area contributed by atoms with E-state index in [0.29, 0.717) is 12.2 Å². The highest BCUT2D eigenvalue weighted by Crippen LogP contribution is 2.23. The van der Waals surface area contributed by atoms with E-state index in [2.05, 4.69) is 5.32 Å². The third-order valence-corrected chi connectivity index (χ3v) is 5.17. The average Bonchev–Trinajstić information content (AvgIpc) is 2.74. The molecule has 1 unspecified atom stereocenters. The van der Waals surface area contributed by atoms with E-state index in [-0.39, 0.29) is 24.4 Å². The number of quaternary nitrogens is 1. The second-order valence-corrected chi connectivity index (χ2v) is 7.53. The summed E-state index contributed by atoms with van der Waals surface area (Å²) in [6, 6.07) is 12.9. The Morgan fingerprint density at radius 2 is 1.77 bits per heavy atom. The number of nitrogens with one attached hydrogen (secondary N) is 2. The molecule has 2 aromatic carbocycles. The number of methoxy groups -OCH3 is 2. The van der Waals surface area contributed by atoms with E-state index in [4.69, 9.17) is 9.47 Å². The molecule has 0 aliphatic carbocycles. The van der Waals surface area contributed by atoms with Gasteiger partial charge in [-0.1, -0.05) is 17.7 Å². The van der Waals surface area contributed by atoms with Crippen LogP contribution in [-0.4, -0.2) is 57.6 Å². The highest BCUT2D eigenvalue weighted by molar-refractivity contribution is 5.94. The zero-order valence-electron chi connectivity index (χ0n) is 18.6. The molecule has 7 nitrogen and oxygen atoms in total. The van der Waals surface area contributed by atoms with Crippen LogP contribution in [0.3, 0.4) is 0 Å². The minimum Gasteiger partial charge on any atom is -0.497 e. The minimum atomic E-state index is -0.325. The van der Waals surface area contributed by atoms with Crippen molar-refractivity contribution in [1.82, 2.24) is 4.90 Å². The summed E-state index contributed by atoms with van der Waals surface area (Å²) in [5.41, 5.74) is 2.82. The summed E-state index contributed by atoms with van der Waals surface area (Å²) in [4.78, 5) is 27.6. The molecule has 0 fully saturated rings. The number of rotatable bonds is 9. The summed E-state index contributed by atoms with van der Waals surface area (Å²) in [5, 5.41) is 2.82. The fraction of sp³-hybridized carbons (Fsp3) is 0.391. The Bertz CT molecular complexity index is 867. The Morgan fingerprint density at radius 1 is 1.10 bits per heavy atom. The van der Waals surface area contributed by atoms with Crippen LogP contribution in [0.1, 0.15) is 18.1 Å². The lowest BCUT2D eigenvalue weighted by atomic mass is 10.1. The van der Waals surface area contributed by atoms with Crippen LogP contribution in [0.4, 0.5) is 5.69 Å². The topological polar surface area (TPSA) is 72.3 Å². The van der Waals surface area contributed by atoms with Crippen LogP contribution in [0.25, 0.3) is 0 Å². The molecule has 0 aliphatic heterocycles. The van der Waals surface area contributed by atoms with Crippen LogP contribution in [0.15, 0.2) is 42.5 Å². The van der Waals surface area contributed by atoms with E-state index in [1.807, 2.05) is 63.4 Å². The van der Waals surface area contributed by atoms with Crippen molar-refractivity contribution >= 4 is 17.5 Å². The summed E-state index contributed by atoms with van der Waals surface area (Å²) < 4.78 is 10.7. The first-order valence-corrected chi connectivity index (χ1v) is 9.89. The van der Waals surface area contributed by atoms with Crippen molar-refractivity contribution in [2.45, 2.75) is 26.4 Å². The van der Waals surface area contributed by atoms with E-state index in [0.717, 1.165) is 27.5 Å². The second kappa shape index (κ2) is 10.6. The molecule has 0 saturated heterocycles. The third-order valence-electron chi connectivity index (χ3n) is 5.17. The average molecular weight is 415 g/mol. The van der Waals surface area contributed by atoms with E-state index in [9.17, 15) is 9.59 Å². The number of carbonyl (C=O) groups excluding carboxylic acids is 2. The Labute approximate surface area is 178 Å². The smallest absolute Gasteiger partial charge is 0.280 e. The van der Waals surface area contributed by atoms with Crippen LogP contribution in [0.5, 0.6) is 11.5 Å². The van der Waals surface area contributed by atoms with Gasteiger partial charge < -0.3 is 24.6 Å². The predicted octanol–water partition coefficient (Wildman–Crippen LogP) is 1.51. The van der Waals surface area contributed by atoms with Gasteiger partial charge in [-0.25, -0.2) is 0 Å². The molecule has 0 radical (unpaired) electrons. The molecule has 2 rings (SSSR count). The standard InChI is InChI=1S/C23H31N3O4/c1-16-7-10-19(11-8-16)24-22(27)15-26(4)23(28)17(2)25(3)14-18-9-12-20(29-5)13-21(18)30-6/h7-13,17H,14-15H2,1-6H3,(H,24,27)/p+1/t17-/m0/s1. The van der Waals surface area contributed by atoms with Crippen LogP contribution >= 0.6 is 0 Å². The molecular formula is C23H32N3O4+. The molecule has 0 bridgehead atoms. The van der Waals surface area contributed by atoms with Crippen LogP contribution in [0.2, 0.25) is 0 Å². The van der Waals surface area contributed by atoms with Crippen LogP contribution < -0.4 is 19.7 Å². The van der Waals surface area contributed by atoms with Gasteiger partial charge in [0.15, 0.2) is 6.04 Å². The number of likely N-dealkylation sites (N-methyl/N-ethyl adjacent to an activating group) is 2. The monoisotopic (exact) mass is 414 g/mol. The summed E-state index contributed by atoms with van der Waals surface area (Å²) in [6.45, 7) is 4.45. The molecule has 162 valence electrons. The largest absolute Gasteiger partial charge is 0.497 e. The Morgan fingerprint density at radius 3 is 2.37 bits per heavy atom. The van der Waals surface area contributed by atoms with Crippen molar-refractivity contribution in [3.05, 3.63) is 53.6 Å². The van der Waals surface area contributed by atoms with Gasteiger partial charge in [-0.05, 0) is 38.1 Å². The van der Waals surface area contributed by atoms with E-state index in [1.165, 1.54) is 4.90 Å². The van der Waals surface area contributed by atoms with E-state index >= 15 is 0 Å². The highest BCUT2D eigenvalue weighted by Gasteiger charge is 2.27. The number of nitrogens with zero attached hydrogens (tertiary/aromatic N) is 1. The van der Waals surface area contributed by atoms with Crippen molar-refractivity contribution in [2.24, 2.45) is 0 Å². The SMILES string of the molecule is COc1ccc(C[NH+](C)[C@@H](C)C(=O)N(C)CC(=O)Nc2ccc(C)cc2)c(OC)c1. The summed E-state index contributed by atoms with van der Waals surface area (Å²) >= 11 is 0. The lowest BCUT2D eigenvalue weighted by Gasteiger charge is -2.26. The highest BCUT2D eigenvalue weighted by atomic mass is 16.5. The van der Waals surface area contributed by atoms with Gasteiger partial charge in [0.1, 0.15) is 18.0 Å². The molecular weight excluding hydrogens is 382 g/mol. The predicted molar refractivity (Wildman–Crippen MR) is 117 cm³/mol. The second-order valence-electron chi connectivity index (χ2n) is 7.53. The van der Waals surface area contributed by atoms with Gasteiger partial charge in [-0.3, -0.25) is 9.59 Å². The molecule has 2 atom stereocenters. The molecule has 2 N–H and O–H groups in total. The van der Waals surface area contributed by atoms with Crippen molar-refractivity contribution in [3.8, 4) is 11.5 Å². The van der Waals surface area contributed by atoms with Crippen molar-refractivity contribution in [2.75, 3.05) is 40.2 Å². The summed E-state index contributed by atoms with van der Waals surface area (Å²) in [6.07, 6.45) is 0. The van der Waals surface area contributed by atoms with Gasteiger partial charge in [-0.2, -0.15) is 0 Å². The van der Waals surface area contributed by atoms with Gasteiger partial charge in [0.25, 0.3) is 5.91 Å². The first-order valence-electron chi connectivity index (χ1n) is 9.89. The number of hydrogen-bond acceptors (Lipinski definition) is 4. The summed E-state index contributed by atoms with van der Waals surface area (Å²) in [5.74, 6) is 1.12. The minimum absolute atomic E-state index is 0.00378. The lowest BCUT2D eigenvalue weighted by molar-refractivity contribution is -0.908. The molecule has 0 saturated carbocycles. The molecule has 2 amide bonds. The number of anilines is 1. The van der Waals surface area contributed by atoms with Crippen LogP contribution in [0, 0.1) is 6.92 Å². The maximum Gasteiger partial charge on any atom is 0.280 e. The number of amides is 2. The zero-order valence-corrected chi connectivity index (χ0v) is 18.6. The Hall–Kier alpha value is -3.06. The quantitative estimate of drug-likeness (QED) is 0.653. The number of benzene rings is 2. The van der Waals surface area contributed by atoms with Gasteiger partial charge >= 0.3 is 0 Å². The molecule has 0 spiro atoms. The van der Waals surface area contributed by atoms with Crippen LogP contribution in [-0.2, 0) is 16.1 Å². The molecule has 7 heteroatoms. The number of ether oxygens (including phenoxy) is 2. The fourth-order valence-electron chi connectivity index (χ4n) is 3.12. The number of carbonyl (C=O) groups is 2.